The van der Waals surface area contributed by atoms with Gasteiger partial charge >= 0.3 is 0 Å². The molecule has 1 aliphatic rings. The van der Waals surface area contributed by atoms with Crippen LogP contribution in [0.1, 0.15) is 31.2 Å². The lowest BCUT2D eigenvalue weighted by atomic mass is 9.68. The molecule has 1 aliphatic carbocycles. The van der Waals surface area contributed by atoms with Crippen LogP contribution in [0.3, 0.4) is 0 Å². The van der Waals surface area contributed by atoms with E-state index in [2.05, 4.69) is 30.8 Å². The molecule has 0 aliphatic heterocycles. The Balaban J connectivity index is 2.18. The molecule has 1 unspecified atom stereocenters. The van der Waals surface area contributed by atoms with Crippen molar-refractivity contribution in [2.45, 2.75) is 32.1 Å². The fourth-order valence-electron chi connectivity index (χ4n) is 2.69. The minimum Gasteiger partial charge on any atom is -0.395 e. The van der Waals surface area contributed by atoms with Crippen molar-refractivity contribution in [3.05, 3.63) is 48.0 Å². The van der Waals surface area contributed by atoms with Crippen molar-refractivity contribution in [3.63, 3.8) is 0 Å². The summed E-state index contributed by atoms with van der Waals surface area (Å²) in [6.45, 7) is 4.41. The number of hydrogen-bond acceptors (Lipinski definition) is 1. The van der Waals surface area contributed by atoms with E-state index in [-0.39, 0.29) is 12.0 Å². The third kappa shape index (κ3) is 2.19. The van der Waals surface area contributed by atoms with E-state index in [0.29, 0.717) is 0 Å². The predicted octanol–water partition coefficient (Wildman–Crippen LogP) is 3.34. The van der Waals surface area contributed by atoms with Gasteiger partial charge in [-0.15, -0.1) is 0 Å². The van der Waals surface area contributed by atoms with Crippen LogP contribution in [0, 0.1) is 5.41 Å². The molecule has 1 nitrogen and oxygen atoms in total. The lowest BCUT2D eigenvalue weighted by Gasteiger charge is -2.38. The first kappa shape index (κ1) is 11.4. The zero-order chi connectivity index (χ0) is 11.4. The minimum atomic E-state index is -0.0559. The number of hydrogen-bond donors (Lipinski definition) is 1. The van der Waals surface area contributed by atoms with Gasteiger partial charge in [-0.1, -0.05) is 48.9 Å². The molecule has 1 fully saturated rings. The second-order valence-corrected chi connectivity index (χ2v) is 4.91. The van der Waals surface area contributed by atoms with E-state index in [0.717, 1.165) is 19.3 Å². The Hall–Kier alpha value is -1.08. The van der Waals surface area contributed by atoms with Gasteiger partial charge in [0.2, 0.25) is 0 Å². The third-order valence-corrected chi connectivity index (χ3v) is 3.82. The molecule has 2 rings (SSSR count). The summed E-state index contributed by atoms with van der Waals surface area (Å²) in [7, 11) is 0. The summed E-state index contributed by atoms with van der Waals surface area (Å²) in [6.07, 6.45) is 5.54. The monoisotopic (exact) mass is 216 g/mol. The van der Waals surface area contributed by atoms with Crippen LogP contribution in [-0.2, 0) is 6.42 Å². The van der Waals surface area contributed by atoms with E-state index in [4.69, 9.17) is 0 Å². The fourth-order valence-corrected chi connectivity index (χ4v) is 2.69. The Bertz CT molecular complexity index is 355. The van der Waals surface area contributed by atoms with Gasteiger partial charge in [0.1, 0.15) is 0 Å². The van der Waals surface area contributed by atoms with Crippen LogP contribution in [-0.4, -0.2) is 11.7 Å². The molecule has 16 heavy (non-hydrogen) atoms. The molecule has 1 N–H and O–H groups in total. The molecule has 1 atom stereocenters. The Kier molecular flexibility index (Phi) is 3.45. The van der Waals surface area contributed by atoms with Gasteiger partial charge in [0.05, 0.1) is 6.61 Å². The fraction of sp³-hybridized carbons (Fsp3) is 0.467. The van der Waals surface area contributed by atoms with E-state index in [1.165, 1.54) is 24.0 Å². The van der Waals surface area contributed by atoms with Crippen molar-refractivity contribution in [3.8, 4) is 0 Å². The molecule has 0 heterocycles. The molecule has 1 heteroatoms. The van der Waals surface area contributed by atoms with Crippen molar-refractivity contribution in [1.29, 1.82) is 0 Å². The highest BCUT2D eigenvalue weighted by atomic mass is 16.3. The Labute approximate surface area is 97.8 Å². The van der Waals surface area contributed by atoms with Gasteiger partial charge in [0.15, 0.2) is 0 Å². The van der Waals surface area contributed by atoms with Crippen molar-refractivity contribution in [2.24, 2.45) is 5.41 Å². The number of aliphatic hydroxyl groups excluding tert-OH is 1. The normalized spacial score (nSPS) is 25.7. The standard InChI is InChI=1S/C15H20O/c1-13-7-5-6-10-15(13,12-16)11-14-8-3-2-4-9-14/h2-4,8-9,16H,1,5-7,10-12H2. The average molecular weight is 216 g/mol. The van der Waals surface area contributed by atoms with Gasteiger partial charge in [-0.05, 0) is 31.2 Å². The molecular weight excluding hydrogens is 196 g/mol. The number of aliphatic hydroxyl groups is 1. The van der Waals surface area contributed by atoms with Gasteiger partial charge in [-0.25, -0.2) is 0 Å². The summed E-state index contributed by atoms with van der Waals surface area (Å²) < 4.78 is 0. The van der Waals surface area contributed by atoms with Crippen molar-refractivity contribution in [2.75, 3.05) is 6.61 Å². The summed E-state index contributed by atoms with van der Waals surface area (Å²) in [5.74, 6) is 0. The van der Waals surface area contributed by atoms with Crippen LogP contribution in [0.5, 0.6) is 0 Å². The number of benzene rings is 1. The van der Waals surface area contributed by atoms with Gasteiger partial charge < -0.3 is 5.11 Å². The highest BCUT2D eigenvalue weighted by molar-refractivity contribution is 5.23. The minimum absolute atomic E-state index is 0.0559. The molecular formula is C15H20O. The topological polar surface area (TPSA) is 20.2 Å². The summed E-state index contributed by atoms with van der Waals surface area (Å²) in [5, 5.41) is 9.71. The van der Waals surface area contributed by atoms with Gasteiger partial charge in [-0.3, -0.25) is 0 Å². The number of rotatable bonds is 3. The van der Waals surface area contributed by atoms with E-state index < -0.39 is 0 Å². The third-order valence-electron chi connectivity index (χ3n) is 3.82. The molecule has 0 saturated heterocycles. The molecule has 0 radical (unpaired) electrons. The zero-order valence-corrected chi connectivity index (χ0v) is 9.78. The molecule has 1 saturated carbocycles. The van der Waals surface area contributed by atoms with E-state index in [1.54, 1.807) is 0 Å². The highest BCUT2D eigenvalue weighted by Gasteiger charge is 2.34. The van der Waals surface area contributed by atoms with Crippen molar-refractivity contribution < 1.29 is 5.11 Å². The molecule has 86 valence electrons. The van der Waals surface area contributed by atoms with Crippen LogP contribution in [0.4, 0.5) is 0 Å². The first-order valence-corrected chi connectivity index (χ1v) is 6.10. The maximum Gasteiger partial charge on any atom is 0.0527 e. The highest BCUT2D eigenvalue weighted by Crippen LogP contribution is 2.42. The van der Waals surface area contributed by atoms with Crippen LogP contribution < -0.4 is 0 Å². The first-order valence-electron chi connectivity index (χ1n) is 6.10. The van der Waals surface area contributed by atoms with Gasteiger partial charge in [-0.2, -0.15) is 0 Å². The lowest BCUT2D eigenvalue weighted by Crippen LogP contribution is -2.32. The lowest BCUT2D eigenvalue weighted by molar-refractivity contribution is 0.130. The second kappa shape index (κ2) is 4.84. The Morgan fingerprint density at radius 3 is 2.56 bits per heavy atom. The van der Waals surface area contributed by atoms with E-state index in [9.17, 15) is 5.11 Å². The molecule has 0 amide bonds. The molecule has 0 spiro atoms. The van der Waals surface area contributed by atoms with Crippen LogP contribution >= 0.6 is 0 Å². The van der Waals surface area contributed by atoms with Crippen molar-refractivity contribution in [1.82, 2.24) is 0 Å². The molecule has 0 bridgehead atoms. The maximum atomic E-state index is 9.71. The molecule has 1 aromatic carbocycles. The maximum absolute atomic E-state index is 9.71. The SMILES string of the molecule is C=C1CCCCC1(CO)Cc1ccccc1. The van der Waals surface area contributed by atoms with E-state index >= 15 is 0 Å². The largest absolute Gasteiger partial charge is 0.395 e. The smallest absolute Gasteiger partial charge is 0.0527 e. The van der Waals surface area contributed by atoms with Crippen LogP contribution in [0.25, 0.3) is 0 Å². The average Bonchev–Trinajstić information content (AvgIpc) is 2.34. The van der Waals surface area contributed by atoms with Gasteiger partial charge in [0, 0.05) is 5.41 Å². The Morgan fingerprint density at radius 2 is 1.94 bits per heavy atom. The quantitative estimate of drug-likeness (QED) is 0.768. The summed E-state index contributed by atoms with van der Waals surface area (Å²) in [6, 6.07) is 10.4. The predicted molar refractivity (Wildman–Crippen MR) is 67.3 cm³/mol. The zero-order valence-electron chi connectivity index (χ0n) is 9.78. The van der Waals surface area contributed by atoms with Crippen LogP contribution in [0.15, 0.2) is 42.5 Å². The summed E-state index contributed by atoms with van der Waals surface area (Å²) in [5.41, 5.74) is 2.49. The Morgan fingerprint density at radius 1 is 1.19 bits per heavy atom. The first-order chi connectivity index (χ1) is 7.77. The molecule has 0 aromatic heterocycles. The molecule has 1 aromatic rings. The van der Waals surface area contributed by atoms with Crippen LogP contribution in [0.2, 0.25) is 0 Å². The second-order valence-electron chi connectivity index (χ2n) is 4.91. The van der Waals surface area contributed by atoms with Gasteiger partial charge in [0.25, 0.3) is 0 Å². The van der Waals surface area contributed by atoms with E-state index in [1.807, 2.05) is 6.07 Å². The van der Waals surface area contributed by atoms with Crippen molar-refractivity contribution >= 4 is 0 Å². The summed E-state index contributed by atoms with van der Waals surface area (Å²) >= 11 is 0. The summed E-state index contributed by atoms with van der Waals surface area (Å²) in [4.78, 5) is 0.